The van der Waals surface area contributed by atoms with Crippen LogP contribution in [0.5, 0.6) is 11.5 Å². The molecule has 15 heteroatoms. The van der Waals surface area contributed by atoms with E-state index in [-0.39, 0.29) is 49.5 Å². The summed E-state index contributed by atoms with van der Waals surface area (Å²) in [6.07, 6.45) is 6.61. The molecule has 1 atom stereocenters. The Morgan fingerprint density at radius 1 is 1.22 bits per heavy atom. The molecule has 6 N–H and O–H groups in total. The summed E-state index contributed by atoms with van der Waals surface area (Å²) >= 11 is 0. The highest BCUT2D eigenvalue weighted by Crippen LogP contribution is 2.39. The van der Waals surface area contributed by atoms with Gasteiger partial charge in [0.25, 0.3) is 11.8 Å². The lowest BCUT2D eigenvalue weighted by atomic mass is 10.1. The molecular formula is C30H40N8O7. The number of methoxy groups -OCH3 is 1. The Labute approximate surface area is 261 Å². The summed E-state index contributed by atoms with van der Waals surface area (Å²) in [7, 11) is 4.77. The molecule has 2 aliphatic heterocycles. The number of hydrogen-bond donors (Lipinski definition) is 4. The molecule has 3 amide bonds. The van der Waals surface area contributed by atoms with Crippen molar-refractivity contribution in [3.63, 3.8) is 0 Å². The van der Waals surface area contributed by atoms with Crippen molar-refractivity contribution in [2.75, 3.05) is 45.8 Å². The molecule has 1 aromatic carbocycles. The number of aryl methyl sites for hydroxylation is 1. The number of amides is 3. The van der Waals surface area contributed by atoms with Crippen LogP contribution in [0.15, 0.2) is 41.4 Å². The Hall–Kier alpha value is -5.05. The predicted molar refractivity (Wildman–Crippen MR) is 166 cm³/mol. The zero-order valence-electron chi connectivity index (χ0n) is 25.9. The number of likely N-dealkylation sites (N-methyl/N-ethyl adjacent to an activating group) is 1. The van der Waals surface area contributed by atoms with E-state index >= 15 is 0 Å². The van der Waals surface area contributed by atoms with E-state index < -0.39 is 17.5 Å². The van der Waals surface area contributed by atoms with Gasteiger partial charge in [-0.15, -0.1) is 0 Å². The van der Waals surface area contributed by atoms with E-state index in [1.807, 2.05) is 0 Å². The average molecular weight is 625 g/mol. The SMILES string of the molecule is CCOC(=O)CN(C)/C=C(\N)NC(=O)c1cc(NC(=O)CCCOc2cc3c(cc2OC)C(=O)N2CCCC2(N)C=N3)cn1C. The fraction of sp³-hybridized carbons (Fsp3) is 0.433. The Balaban J connectivity index is 1.28. The van der Waals surface area contributed by atoms with Gasteiger partial charge >= 0.3 is 5.97 Å². The third-order valence-electron chi connectivity index (χ3n) is 7.27. The van der Waals surface area contributed by atoms with Crippen LogP contribution in [-0.4, -0.2) is 90.4 Å². The van der Waals surface area contributed by atoms with Gasteiger partial charge < -0.3 is 50.7 Å². The topological polar surface area (TPSA) is 196 Å². The molecule has 0 bridgehead atoms. The smallest absolute Gasteiger partial charge is 0.325 e. The molecule has 1 aromatic heterocycles. The number of hydrogen-bond acceptors (Lipinski definition) is 11. The summed E-state index contributed by atoms with van der Waals surface area (Å²) in [5.74, 6) is -0.579. The first kappa shape index (κ1) is 32.9. The van der Waals surface area contributed by atoms with Crippen molar-refractivity contribution in [2.45, 2.75) is 38.3 Å². The minimum atomic E-state index is -0.908. The zero-order chi connectivity index (χ0) is 32.7. The third kappa shape index (κ3) is 7.92. The van der Waals surface area contributed by atoms with Gasteiger partial charge in [0.15, 0.2) is 11.5 Å². The molecular weight excluding hydrogens is 584 g/mol. The van der Waals surface area contributed by atoms with Crippen LogP contribution in [-0.2, 0) is 21.4 Å². The van der Waals surface area contributed by atoms with Crippen LogP contribution in [0.25, 0.3) is 0 Å². The Bertz CT molecular complexity index is 1520. The zero-order valence-corrected chi connectivity index (χ0v) is 25.9. The summed E-state index contributed by atoms with van der Waals surface area (Å²) in [4.78, 5) is 57.7. The fourth-order valence-electron chi connectivity index (χ4n) is 5.13. The van der Waals surface area contributed by atoms with Gasteiger partial charge in [-0.1, -0.05) is 0 Å². The number of nitrogens with one attached hydrogen (secondary N) is 2. The first-order valence-corrected chi connectivity index (χ1v) is 14.6. The Kier molecular flexibility index (Phi) is 10.3. The van der Waals surface area contributed by atoms with E-state index in [1.165, 1.54) is 24.3 Å². The number of carbonyl (C=O) groups is 4. The lowest BCUT2D eigenvalue weighted by Gasteiger charge is -2.30. The van der Waals surface area contributed by atoms with Crippen molar-refractivity contribution < 1.29 is 33.4 Å². The molecule has 1 saturated heterocycles. The number of aromatic nitrogens is 1. The van der Waals surface area contributed by atoms with Gasteiger partial charge in [-0.3, -0.25) is 24.2 Å². The Morgan fingerprint density at radius 2 is 2.00 bits per heavy atom. The van der Waals surface area contributed by atoms with E-state index in [9.17, 15) is 19.2 Å². The quantitative estimate of drug-likeness (QED) is 0.187. The Morgan fingerprint density at radius 3 is 2.73 bits per heavy atom. The molecule has 15 nitrogen and oxygen atoms in total. The highest BCUT2D eigenvalue weighted by molar-refractivity contribution is 6.04. The van der Waals surface area contributed by atoms with Crippen molar-refractivity contribution in [1.29, 1.82) is 0 Å². The summed E-state index contributed by atoms with van der Waals surface area (Å²) in [5, 5.41) is 5.33. The number of ether oxygens (including phenoxy) is 3. The molecule has 1 fully saturated rings. The maximum Gasteiger partial charge on any atom is 0.325 e. The summed E-state index contributed by atoms with van der Waals surface area (Å²) < 4.78 is 17.8. The van der Waals surface area contributed by atoms with E-state index in [2.05, 4.69) is 15.6 Å². The van der Waals surface area contributed by atoms with Gasteiger partial charge in [0, 0.05) is 51.7 Å². The van der Waals surface area contributed by atoms with Gasteiger partial charge in [-0.05, 0) is 38.3 Å². The van der Waals surface area contributed by atoms with Gasteiger partial charge in [-0.25, -0.2) is 0 Å². The number of anilines is 1. The number of nitrogens with zero attached hydrogens (tertiary/aromatic N) is 4. The van der Waals surface area contributed by atoms with E-state index in [1.54, 1.807) is 55.0 Å². The second-order valence-corrected chi connectivity index (χ2v) is 10.8. The summed E-state index contributed by atoms with van der Waals surface area (Å²) in [6.45, 7) is 2.71. The molecule has 3 heterocycles. The van der Waals surface area contributed by atoms with Crippen LogP contribution in [0, 0.1) is 0 Å². The minimum absolute atomic E-state index is 0.0274. The number of carbonyl (C=O) groups excluding carboxylic acids is 4. The van der Waals surface area contributed by atoms with Crippen molar-refractivity contribution in [3.8, 4) is 11.5 Å². The number of aliphatic imine (C=N–C) groups is 1. The van der Waals surface area contributed by atoms with Crippen molar-refractivity contribution >= 4 is 41.3 Å². The number of fused-ring (bicyclic) bond motifs is 2. The average Bonchev–Trinajstić information content (AvgIpc) is 3.52. The molecule has 0 radical (unpaired) electrons. The predicted octanol–water partition coefficient (Wildman–Crippen LogP) is 1.42. The molecule has 4 rings (SSSR count). The van der Waals surface area contributed by atoms with Crippen molar-refractivity contribution in [3.05, 3.63) is 47.7 Å². The highest BCUT2D eigenvalue weighted by Gasteiger charge is 2.42. The number of esters is 1. The monoisotopic (exact) mass is 624 g/mol. The van der Waals surface area contributed by atoms with Crippen molar-refractivity contribution in [1.82, 2.24) is 19.7 Å². The maximum atomic E-state index is 13.2. The lowest BCUT2D eigenvalue weighted by Crippen LogP contribution is -2.54. The number of benzene rings is 1. The fourth-order valence-corrected chi connectivity index (χ4v) is 5.13. The molecule has 2 aromatic rings. The van der Waals surface area contributed by atoms with Crippen molar-refractivity contribution in [2.24, 2.45) is 23.5 Å². The third-order valence-corrected chi connectivity index (χ3v) is 7.27. The van der Waals surface area contributed by atoms with E-state index in [0.29, 0.717) is 47.8 Å². The van der Waals surface area contributed by atoms with Crippen LogP contribution < -0.4 is 31.6 Å². The van der Waals surface area contributed by atoms with E-state index in [4.69, 9.17) is 25.7 Å². The van der Waals surface area contributed by atoms with Crippen LogP contribution in [0.4, 0.5) is 11.4 Å². The normalized spacial score (nSPS) is 17.2. The summed E-state index contributed by atoms with van der Waals surface area (Å²) in [6, 6.07) is 4.78. The van der Waals surface area contributed by atoms with Crippen LogP contribution in [0.2, 0.25) is 0 Å². The van der Waals surface area contributed by atoms with Gasteiger partial charge in [-0.2, -0.15) is 0 Å². The van der Waals surface area contributed by atoms with E-state index in [0.717, 1.165) is 6.42 Å². The molecule has 45 heavy (non-hydrogen) atoms. The number of rotatable bonds is 13. The van der Waals surface area contributed by atoms with Gasteiger partial charge in [0.1, 0.15) is 23.7 Å². The molecule has 0 aliphatic carbocycles. The second kappa shape index (κ2) is 14.2. The van der Waals surface area contributed by atoms with Crippen LogP contribution >= 0.6 is 0 Å². The van der Waals surface area contributed by atoms with Crippen LogP contribution in [0.1, 0.15) is 53.5 Å². The maximum absolute atomic E-state index is 13.2. The lowest BCUT2D eigenvalue weighted by molar-refractivity contribution is -0.143. The van der Waals surface area contributed by atoms with Gasteiger partial charge in [0.05, 0.1) is 37.3 Å². The van der Waals surface area contributed by atoms with Gasteiger partial charge in [0.2, 0.25) is 5.91 Å². The number of nitrogens with two attached hydrogens (primary N) is 2. The molecule has 1 unspecified atom stereocenters. The largest absolute Gasteiger partial charge is 0.493 e. The molecule has 242 valence electrons. The molecule has 0 saturated carbocycles. The standard InChI is InChI=1S/C30H40N8O7/c1-5-44-27(40)17-36(2)16-25(31)35-28(41)22-12-19(15-37(22)3)34-26(39)8-6-11-45-24-14-21-20(13-23(24)43-4)29(42)38-10-7-9-30(38,32)18-33-21/h12-16,18H,5-11,17,31-32H2,1-4H3,(H,34,39)(H,35,41)/b25-16+. The minimum Gasteiger partial charge on any atom is -0.493 e. The second-order valence-electron chi connectivity index (χ2n) is 10.8. The first-order valence-electron chi connectivity index (χ1n) is 14.6. The summed E-state index contributed by atoms with van der Waals surface area (Å²) in [5.41, 5.74) is 12.9. The first-order chi connectivity index (χ1) is 21.4. The molecule has 0 spiro atoms. The molecule has 2 aliphatic rings. The highest BCUT2D eigenvalue weighted by atomic mass is 16.5. The van der Waals surface area contributed by atoms with Crippen LogP contribution in [0.3, 0.4) is 0 Å².